The zero-order valence-electron chi connectivity index (χ0n) is 22.6. The molecule has 2 aliphatic heterocycles. The quantitative estimate of drug-likeness (QED) is 0.349. The van der Waals surface area contributed by atoms with E-state index in [1.807, 2.05) is 23.6 Å². The van der Waals surface area contributed by atoms with E-state index in [2.05, 4.69) is 74.8 Å². The number of rotatable bonds is 5. The van der Waals surface area contributed by atoms with Crippen LogP contribution in [0, 0.1) is 0 Å². The van der Waals surface area contributed by atoms with Crippen molar-refractivity contribution in [2.75, 3.05) is 26.2 Å². The first-order chi connectivity index (χ1) is 20.2. The molecule has 2 fully saturated rings. The van der Waals surface area contributed by atoms with Gasteiger partial charge in [0.2, 0.25) is 0 Å². The zero-order chi connectivity index (χ0) is 31.7. The summed E-state index contributed by atoms with van der Waals surface area (Å²) in [6.07, 6.45) is -7.00. The molecule has 3 aromatic rings. The van der Waals surface area contributed by atoms with Crippen molar-refractivity contribution in [3.05, 3.63) is 88.4 Å². The summed E-state index contributed by atoms with van der Waals surface area (Å²) in [6, 6.07) is 21.2. The highest BCUT2D eigenvalue weighted by Crippen LogP contribution is 2.38. The number of carboxylic acids is 2. The Hall–Kier alpha value is -3.53. The molecule has 2 aliphatic rings. The number of carbonyl (C=O) groups is 2. The van der Waals surface area contributed by atoms with Crippen LogP contribution in [0.2, 0.25) is 0 Å². The smallest absolute Gasteiger partial charge is 0.475 e. The molecule has 0 amide bonds. The van der Waals surface area contributed by atoms with Crippen LogP contribution in [0.1, 0.15) is 28.7 Å². The van der Waals surface area contributed by atoms with Crippen molar-refractivity contribution in [3.63, 3.8) is 0 Å². The van der Waals surface area contributed by atoms with Crippen LogP contribution in [0.5, 0.6) is 0 Å². The summed E-state index contributed by atoms with van der Waals surface area (Å²) in [5, 5.41) is 16.4. The molecule has 1 spiro atoms. The number of aromatic nitrogens is 1. The van der Waals surface area contributed by atoms with Crippen LogP contribution < -0.4 is 0 Å². The Labute approximate surface area is 247 Å². The van der Waals surface area contributed by atoms with Crippen LogP contribution in [0.25, 0.3) is 0 Å². The molecule has 0 saturated carbocycles. The van der Waals surface area contributed by atoms with Gasteiger partial charge < -0.3 is 14.9 Å². The molecule has 1 aromatic carbocycles. The second-order valence-corrected chi connectivity index (χ2v) is 10.8. The second-order valence-electron chi connectivity index (χ2n) is 9.78. The summed E-state index contributed by atoms with van der Waals surface area (Å²) in [5.74, 6) is -5.51. The third-order valence-corrected chi connectivity index (χ3v) is 7.58. The van der Waals surface area contributed by atoms with Gasteiger partial charge in [-0.15, -0.1) is 11.3 Å². The highest BCUT2D eigenvalue weighted by molar-refractivity contribution is 7.09. The van der Waals surface area contributed by atoms with E-state index in [9.17, 15) is 26.3 Å². The molecular formula is C28H29F6N3O5S. The van der Waals surface area contributed by atoms with Crippen molar-refractivity contribution in [1.29, 1.82) is 0 Å². The van der Waals surface area contributed by atoms with Gasteiger partial charge in [-0.1, -0.05) is 42.5 Å². The number of morpholine rings is 1. The largest absolute Gasteiger partial charge is 0.490 e. The van der Waals surface area contributed by atoms with E-state index in [1.54, 1.807) is 0 Å². The van der Waals surface area contributed by atoms with Crippen LogP contribution >= 0.6 is 11.3 Å². The van der Waals surface area contributed by atoms with E-state index in [1.165, 1.54) is 10.4 Å². The Bertz CT molecular complexity index is 1270. The van der Waals surface area contributed by atoms with Gasteiger partial charge in [0, 0.05) is 43.8 Å². The van der Waals surface area contributed by atoms with E-state index in [-0.39, 0.29) is 11.6 Å². The normalized spacial score (nSPS) is 20.9. The van der Waals surface area contributed by atoms with Gasteiger partial charge in [0.1, 0.15) is 0 Å². The van der Waals surface area contributed by atoms with Gasteiger partial charge in [0.15, 0.2) is 0 Å². The molecule has 0 radical (unpaired) electrons. The van der Waals surface area contributed by atoms with Crippen molar-refractivity contribution in [2.24, 2.45) is 0 Å². The molecule has 4 heterocycles. The van der Waals surface area contributed by atoms with Crippen molar-refractivity contribution in [3.8, 4) is 0 Å². The van der Waals surface area contributed by atoms with Gasteiger partial charge in [0.25, 0.3) is 0 Å². The van der Waals surface area contributed by atoms with Gasteiger partial charge >= 0.3 is 24.3 Å². The maximum atomic E-state index is 10.6. The number of alkyl halides is 6. The van der Waals surface area contributed by atoms with Gasteiger partial charge in [-0.2, -0.15) is 26.3 Å². The molecule has 5 rings (SSSR count). The Morgan fingerprint density at radius 1 is 0.930 bits per heavy atom. The SMILES string of the molecule is O=C(O)C(F)(F)F.O=C(O)C(F)(F)F.c1ccc(C2CN(Cc3ccccn3)C3(CCN(Cc4cccs4)C3)CO2)cc1. The number of aliphatic carboxylic acids is 2. The van der Waals surface area contributed by atoms with Crippen molar-refractivity contribution in [2.45, 2.75) is 43.5 Å². The van der Waals surface area contributed by atoms with Crippen molar-refractivity contribution < 1.29 is 50.9 Å². The first-order valence-corrected chi connectivity index (χ1v) is 13.7. The van der Waals surface area contributed by atoms with Crippen molar-refractivity contribution >= 4 is 23.3 Å². The van der Waals surface area contributed by atoms with Gasteiger partial charge in [-0.3, -0.25) is 14.8 Å². The molecule has 0 bridgehead atoms. The fraction of sp³-hybridized carbons (Fsp3) is 0.393. The number of hydrogen-bond acceptors (Lipinski definition) is 7. The highest BCUT2D eigenvalue weighted by atomic mass is 32.1. The van der Waals surface area contributed by atoms with Crippen molar-refractivity contribution in [1.82, 2.24) is 14.8 Å². The van der Waals surface area contributed by atoms with Crippen LogP contribution in [0.3, 0.4) is 0 Å². The molecule has 2 aromatic heterocycles. The van der Waals surface area contributed by atoms with E-state index in [0.29, 0.717) is 0 Å². The maximum Gasteiger partial charge on any atom is 0.490 e. The van der Waals surface area contributed by atoms with E-state index < -0.39 is 24.3 Å². The van der Waals surface area contributed by atoms with Gasteiger partial charge in [0.05, 0.1) is 23.9 Å². The Morgan fingerprint density at radius 3 is 2.09 bits per heavy atom. The lowest BCUT2D eigenvalue weighted by Gasteiger charge is -2.47. The topological polar surface area (TPSA) is 103 Å². The summed E-state index contributed by atoms with van der Waals surface area (Å²) in [5.41, 5.74) is 2.47. The average Bonchev–Trinajstić information content (AvgIpc) is 3.61. The van der Waals surface area contributed by atoms with Gasteiger partial charge in [-0.05, 0) is 35.6 Å². The first kappa shape index (κ1) is 34.0. The monoisotopic (exact) mass is 633 g/mol. The molecule has 2 saturated heterocycles. The lowest BCUT2D eigenvalue weighted by molar-refractivity contribution is -0.193. The summed E-state index contributed by atoms with van der Waals surface area (Å²) in [4.78, 5) is 29.1. The minimum absolute atomic E-state index is 0.0695. The number of nitrogens with zero attached hydrogens (tertiary/aromatic N) is 3. The van der Waals surface area contributed by atoms with Crippen LogP contribution in [0.15, 0.2) is 72.2 Å². The van der Waals surface area contributed by atoms with Crippen LogP contribution in [0.4, 0.5) is 26.3 Å². The standard InChI is InChI=1S/C24H27N3OS.2C2HF3O2/c1-2-7-20(8-3-1)23-17-27(15-21-9-4-5-12-25-21)24(19-28-23)11-13-26(18-24)16-22-10-6-14-29-22;2*3-2(4,5)1(6)7/h1-10,12,14,23H,11,13,15-19H2;2*(H,6,7). The molecule has 2 N–H and O–H groups in total. The Kier molecular flexibility index (Phi) is 11.7. The number of hydrogen-bond donors (Lipinski definition) is 2. The number of pyridine rings is 1. The number of ether oxygens (including phenoxy) is 1. The molecule has 15 heteroatoms. The fourth-order valence-electron chi connectivity index (χ4n) is 4.66. The Morgan fingerprint density at radius 2 is 1.56 bits per heavy atom. The lowest BCUT2D eigenvalue weighted by Crippen LogP contribution is -2.58. The van der Waals surface area contributed by atoms with Gasteiger partial charge in [-0.25, -0.2) is 9.59 Å². The number of benzene rings is 1. The Balaban J connectivity index is 0.000000303. The average molecular weight is 634 g/mol. The molecule has 43 heavy (non-hydrogen) atoms. The molecule has 234 valence electrons. The summed E-state index contributed by atoms with van der Waals surface area (Å²) in [7, 11) is 0. The zero-order valence-corrected chi connectivity index (χ0v) is 23.4. The van der Waals surface area contributed by atoms with Crippen LogP contribution in [-0.4, -0.2) is 81.1 Å². The molecule has 0 aliphatic carbocycles. The minimum atomic E-state index is -5.08. The summed E-state index contributed by atoms with van der Waals surface area (Å²) < 4.78 is 69.9. The second kappa shape index (κ2) is 14.8. The third-order valence-electron chi connectivity index (χ3n) is 6.72. The number of thiophene rings is 1. The summed E-state index contributed by atoms with van der Waals surface area (Å²) in [6.45, 7) is 5.78. The predicted molar refractivity (Wildman–Crippen MR) is 144 cm³/mol. The molecule has 8 nitrogen and oxygen atoms in total. The third kappa shape index (κ3) is 10.3. The molecule has 2 atom stereocenters. The molecule has 2 unspecified atom stereocenters. The highest BCUT2D eigenvalue weighted by Gasteiger charge is 2.47. The lowest BCUT2D eigenvalue weighted by atomic mass is 9.92. The fourth-order valence-corrected chi connectivity index (χ4v) is 5.40. The van der Waals surface area contributed by atoms with Crippen LogP contribution in [-0.2, 0) is 27.4 Å². The predicted octanol–water partition coefficient (Wildman–Crippen LogP) is 5.63. The maximum absolute atomic E-state index is 10.6. The number of carboxylic acid groups (broad SMARTS) is 2. The first-order valence-electron chi connectivity index (χ1n) is 12.9. The van der Waals surface area contributed by atoms with E-state index >= 15 is 0 Å². The van der Waals surface area contributed by atoms with E-state index in [4.69, 9.17) is 24.5 Å². The number of likely N-dealkylation sites (tertiary alicyclic amines) is 1. The van der Waals surface area contributed by atoms with E-state index in [0.717, 1.165) is 51.4 Å². The molecular weight excluding hydrogens is 604 g/mol. The number of halogens is 6. The summed E-state index contributed by atoms with van der Waals surface area (Å²) >= 11 is 1.85. The minimum Gasteiger partial charge on any atom is -0.475 e.